The summed E-state index contributed by atoms with van der Waals surface area (Å²) in [4.78, 5) is 16.3. The van der Waals surface area contributed by atoms with Gasteiger partial charge in [-0.25, -0.2) is 0 Å². The van der Waals surface area contributed by atoms with E-state index in [2.05, 4.69) is 18.0 Å². The van der Waals surface area contributed by atoms with E-state index in [9.17, 15) is 4.79 Å². The first-order valence-electron chi connectivity index (χ1n) is 7.43. The van der Waals surface area contributed by atoms with Crippen molar-refractivity contribution in [2.24, 2.45) is 4.99 Å². The van der Waals surface area contributed by atoms with Crippen molar-refractivity contribution in [3.63, 3.8) is 0 Å². The van der Waals surface area contributed by atoms with Crippen LogP contribution < -0.4 is 4.74 Å². The number of hydrogen-bond donors (Lipinski definition) is 0. The number of carbonyl (C=O) groups is 1. The Bertz CT molecular complexity index is 672. The summed E-state index contributed by atoms with van der Waals surface area (Å²) in [5.74, 6) is 0.780. The fraction of sp³-hybridized carbons (Fsp3) is 0.263. The van der Waals surface area contributed by atoms with Crippen LogP contribution in [0.2, 0.25) is 0 Å². The van der Waals surface area contributed by atoms with E-state index >= 15 is 0 Å². The van der Waals surface area contributed by atoms with Crippen molar-refractivity contribution in [3.8, 4) is 5.75 Å². The zero-order valence-corrected chi connectivity index (χ0v) is 13.3. The third-order valence-electron chi connectivity index (χ3n) is 3.38. The molecule has 2 rings (SSSR count). The van der Waals surface area contributed by atoms with Crippen molar-refractivity contribution in [1.82, 2.24) is 0 Å². The van der Waals surface area contributed by atoms with E-state index in [0.29, 0.717) is 12.2 Å². The van der Waals surface area contributed by atoms with Gasteiger partial charge in [0, 0.05) is 11.8 Å². The summed E-state index contributed by atoms with van der Waals surface area (Å²) in [5, 5.41) is 0. The van der Waals surface area contributed by atoms with Gasteiger partial charge in [0.05, 0.1) is 6.61 Å². The van der Waals surface area contributed by atoms with Gasteiger partial charge in [-0.2, -0.15) is 0 Å². The Kier molecular flexibility index (Phi) is 5.48. The molecule has 0 saturated heterocycles. The molecule has 2 aromatic rings. The van der Waals surface area contributed by atoms with Crippen LogP contribution in [-0.2, 0) is 0 Å². The van der Waals surface area contributed by atoms with Crippen LogP contribution in [0.25, 0.3) is 0 Å². The molecule has 2 aromatic carbocycles. The molecule has 0 atom stereocenters. The standard InChI is InChI=1S/C19H21NO2/c1-4-22-18-9-7-16(8-10-18)19(21)13-20-12-17-6-5-14(2)11-15(17)3/h5-12H,4,13H2,1-3H3. The Morgan fingerprint density at radius 1 is 1.14 bits per heavy atom. The zero-order chi connectivity index (χ0) is 15.9. The van der Waals surface area contributed by atoms with Crippen molar-refractivity contribution in [1.29, 1.82) is 0 Å². The van der Waals surface area contributed by atoms with Gasteiger partial charge in [-0.3, -0.25) is 9.79 Å². The normalized spacial score (nSPS) is 10.9. The molecular formula is C19H21NO2. The lowest BCUT2D eigenvalue weighted by atomic mass is 10.1. The SMILES string of the molecule is CCOc1ccc(C(=O)CN=Cc2ccc(C)cc2C)cc1. The van der Waals surface area contributed by atoms with Crippen molar-refractivity contribution in [2.45, 2.75) is 20.8 Å². The van der Waals surface area contributed by atoms with E-state index < -0.39 is 0 Å². The molecule has 0 aliphatic rings. The van der Waals surface area contributed by atoms with Gasteiger partial charge in [0.25, 0.3) is 0 Å². The maximum Gasteiger partial charge on any atom is 0.184 e. The summed E-state index contributed by atoms with van der Waals surface area (Å²) in [5.41, 5.74) is 4.09. The second-order valence-electron chi connectivity index (χ2n) is 5.21. The molecule has 0 aliphatic heterocycles. The minimum absolute atomic E-state index is 0.00376. The average molecular weight is 295 g/mol. The fourth-order valence-electron chi connectivity index (χ4n) is 2.19. The molecule has 0 amide bonds. The van der Waals surface area contributed by atoms with Gasteiger partial charge in [-0.05, 0) is 56.2 Å². The van der Waals surface area contributed by atoms with Crippen LogP contribution in [0.3, 0.4) is 0 Å². The molecule has 0 aromatic heterocycles. The Morgan fingerprint density at radius 3 is 2.50 bits per heavy atom. The first kappa shape index (κ1) is 16.0. The zero-order valence-electron chi connectivity index (χ0n) is 13.3. The molecule has 0 aliphatic carbocycles. The number of aliphatic imine (C=N–C) groups is 1. The monoisotopic (exact) mass is 295 g/mol. The van der Waals surface area contributed by atoms with Crippen molar-refractivity contribution < 1.29 is 9.53 Å². The minimum atomic E-state index is 0.00376. The summed E-state index contributed by atoms with van der Waals surface area (Å²) in [6.45, 7) is 6.81. The second kappa shape index (κ2) is 7.55. The molecule has 0 unspecified atom stereocenters. The number of benzene rings is 2. The van der Waals surface area contributed by atoms with Gasteiger partial charge in [-0.15, -0.1) is 0 Å². The number of carbonyl (C=O) groups excluding carboxylic acids is 1. The van der Waals surface area contributed by atoms with Crippen LogP contribution in [0.4, 0.5) is 0 Å². The van der Waals surface area contributed by atoms with Gasteiger partial charge < -0.3 is 4.74 Å². The molecule has 0 fully saturated rings. The molecule has 3 heteroatoms. The van der Waals surface area contributed by atoms with Crippen LogP contribution in [0.15, 0.2) is 47.5 Å². The highest BCUT2D eigenvalue weighted by atomic mass is 16.5. The lowest BCUT2D eigenvalue weighted by Gasteiger charge is -2.04. The highest BCUT2D eigenvalue weighted by Crippen LogP contribution is 2.13. The van der Waals surface area contributed by atoms with Gasteiger partial charge >= 0.3 is 0 Å². The van der Waals surface area contributed by atoms with Crippen molar-refractivity contribution in [3.05, 3.63) is 64.7 Å². The Labute approximate surface area is 131 Å². The summed E-state index contributed by atoms with van der Waals surface area (Å²) >= 11 is 0. The molecule has 0 radical (unpaired) electrons. The summed E-state index contributed by atoms with van der Waals surface area (Å²) in [6.07, 6.45) is 1.77. The van der Waals surface area contributed by atoms with Gasteiger partial charge in [0.1, 0.15) is 12.3 Å². The van der Waals surface area contributed by atoms with Gasteiger partial charge in [0.2, 0.25) is 0 Å². The number of hydrogen-bond acceptors (Lipinski definition) is 3. The fourth-order valence-corrected chi connectivity index (χ4v) is 2.19. The number of Topliss-reactive ketones (excluding diaryl/α,β-unsaturated/α-hetero) is 1. The van der Waals surface area contributed by atoms with Gasteiger partial charge in [-0.1, -0.05) is 23.8 Å². The Balaban J connectivity index is 1.98. The number of rotatable bonds is 6. The lowest BCUT2D eigenvalue weighted by molar-refractivity contribution is 0.100. The predicted molar refractivity (Wildman–Crippen MR) is 90.3 cm³/mol. The number of ketones is 1. The maximum atomic E-state index is 12.1. The quantitative estimate of drug-likeness (QED) is 0.596. The van der Waals surface area contributed by atoms with E-state index in [1.165, 1.54) is 5.56 Å². The summed E-state index contributed by atoms with van der Waals surface area (Å²) in [6, 6.07) is 13.4. The molecule has 3 nitrogen and oxygen atoms in total. The van der Waals surface area contributed by atoms with Crippen LogP contribution in [0.5, 0.6) is 5.75 Å². The summed E-state index contributed by atoms with van der Waals surface area (Å²) in [7, 11) is 0. The number of ether oxygens (including phenoxy) is 1. The minimum Gasteiger partial charge on any atom is -0.494 e. The van der Waals surface area contributed by atoms with Gasteiger partial charge in [0.15, 0.2) is 5.78 Å². The smallest absolute Gasteiger partial charge is 0.184 e. The first-order valence-corrected chi connectivity index (χ1v) is 7.43. The predicted octanol–water partition coefficient (Wildman–Crippen LogP) is 4.00. The topological polar surface area (TPSA) is 38.7 Å². The number of aryl methyl sites for hydroxylation is 2. The second-order valence-corrected chi connectivity index (χ2v) is 5.21. The third kappa shape index (κ3) is 4.29. The molecule has 0 bridgehead atoms. The lowest BCUT2D eigenvalue weighted by Crippen LogP contribution is -2.04. The highest BCUT2D eigenvalue weighted by Gasteiger charge is 2.04. The van der Waals surface area contributed by atoms with Crippen LogP contribution >= 0.6 is 0 Å². The number of nitrogens with zero attached hydrogens (tertiary/aromatic N) is 1. The van der Waals surface area contributed by atoms with Crippen LogP contribution in [0, 0.1) is 13.8 Å². The Hall–Kier alpha value is -2.42. The maximum absolute atomic E-state index is 12.1. The van der Waals surface area contributed by atoms with Crippen molar-refractivity contribution in [2.75, 3.05) is 13.2 Å². The van der Waals surface area contributed by atoms with Crippen LogP contribution in [0.1, 0.15) is 34.0 Å². The summed E-state index contributed by atoms with van der Waals surface area (Å²) < 4.78 is 5.36. The van der Waals surface area contributed by atoms with Crippen LogP contribution in [-0.4, -0.2) is 25.1 Å². The molecule has 114 valence electrons. The highest BCUT2D eigenvalue weighted by molar-refractivity contribution is 5.98. The Morgan fingerprint density at radius 2 is 1.86 bits per heavy atom. The van der Waals surface area contributed by atoms with E-state index in [-0.39, 0.29) is 12.3 Å². The molecular weight excluding hydrogens is 274 g/mol. The largest absolute Gasteiger partial charge is 0.494 e. The molecule has 0 saturated carbocycles. The van der Waals surface area contributed by atoms with E-state index in [1.807, 2.05) is 38.1 Å². The van der Waals surface area contributed by atoms with E-state index in [0.717, 1.165) is 16.9 Å². The first-order chi connectivity index (χ1) is 10.6. The third-order valence-corrected chi connectivity index (χ3v) is 3.38. The average Bonchev–Trinajstić information content (AvgIpc) is 2.50. The van der Waals surface area contributed by atoms with E-state index in [1.54, 1.807) is 18.3 Å². The molecule has 22 heavy (non-hydrogen) atoms. The molecule has 0 heterocycles. The van der Waals surface area contributed by atoms with Crippen molar-refractivity contribution >= 4 is 12.0 Å². The molecule has 0 spiro atoms. The molecule has 0 N–H and O–H groups in total. The van der Waals surface area contributed by atoms with E-state index in [4.69, 9.17) is 4.74 Å².